The molecule has 1 aromatic heterocycles. The summed E-state index contributed by atoms with van der Waals surface area (Å²) in [6.45, 7) is 7.74. The van der Waals surface area contributed by atoms with Crippen LogP contribution >= 0.6 is 0 Å². The zero-order chi connectivity index (χ0) is 12.3. The lowest BCUT2D eigenvalue weighted by atomic mass is 9.90. The Morgan fingerprint density at radius 2 is 2.12 bits per heavy atom. The largest absolute Gasteiger partial charge is 0.468 e. The lowest BCUT2D eigenvalue weighted by Crippen LogP contribution is -2.57. The Morgan fingerprint density at radius 3 is 2.65 bits per heavy atom. The van der Waals surface area contributed by atoms with Gasteiger partial charge < -0.3 is 9.15 Å². The maximum absolute atomic E-state index is 5.69. The van der Waals surface area contributed by atoms with Crippen molar-refractivity contribution in [3.8, 4) is 0 Å². The van der Waals surface area contributed by atoms with Gasteiger partial charge in [0.1, 0.15) is 5.76 Å². The van der Waals surface area contributed by atoms with Gasteiger partial charge in [0, 0.05) is 18.6 Å². The number of ether oxygens (including phenoxy) is 1. The van der Waals surface area contributed by atoms with Crippen molar-refractivity contribution in [2.24, 2.45) is 5.84 Å². The zero-order valence-electron chi connectivity index (χ0n) is 10.5. The summed E-state index contributed by atoms with van der Waals surface area (Å²) >= 11 is 0. The summed E-state index contributed by atoms with van der Waals surface area (Å²) in [6, 6.07) is 3.80. The van der Waals surface area contributed by atoms with Crippen molar-refractivity contribution >= 4 is 0 Å². The Balaban J connectivity index is 2.16. The molecule has 1 aliphatic rings. The fourth-order valence-electron chi connectivity index (χ4n) is 2.41. The van der Waals surface area contributed by atoms with Crippen LogP contribution in [0.3, 0.4) is 0 Å². The smallest absolute Gasteiger partial charge is 0.123 e. The Kier molecular flexibility index (Phi) is 3.83. The summed E-state index contributed by atoms with van der Waals surface area (Å²) in [5.41, 5.74) is 2.75. The highest BCUT2D eigenvalue weighted by Crippen LogP contribution is 2.31. The molecule has 3 N–H and O–H groups in total. The first-order valence-corrected chi connectivity index (χ1v) is 5.98. The second-order valence-electron chi connectivity index (χ2n) is 4.87. The molecule has 96 valence electrons. The topological polar surface area (TPSA) is 63.7 Å². The minimum atomic E-state index is -0.115. The number of morpholine rings is 1. The van der Waals surface area contributed by atoms with Gasteiger partial charge in [-0.1, -0.05) is 0 Å². The minimum absolute atomic E-state index is 0.0319. The summed E-state index contributed by atoms with van der Waals surface area (Å²) in [7, 11) is 0. The number of nitrogens with zero attached hydrogens (tertiary/aromatic N) is 1. The van der Waals surface area contributed by atoms with E-state index in [0.717, 1.165) is 32.1 Å². The van der Waals surface area contributed by atoms with E-state index < -0.39 is 0 Å². The predicted molar refractivity (Wildman–Crippen MR) is 65.2 cm³/mol. The van der Waals surface area contributed by atoms with Gasteiger partial charge in [0.15, 0.2) is 0 Å². The number of hydrazine groups is 1. The summed E-state index contributed by atoms with van der Waals surface area (Å²) < 4.78 is 10.8. The maximum atomic E-state index is 5.69. The van der Waals surface area contributed by atoms with Crippen LogP contribution < -0.4 is 11.3 Å². The Bertz CT molecular complexity index is 332. The molecule has 1 saturated heterocycles. The highest BCUT2D eigenvalue weighted by molar-refractivity contribution is 5.11. The first-order chi connectivity index (χ1) is 8.16. The third kappa shape index (κ3) is 2.52. The summed E-state index contributed by atoms with van der Waals surface area (Å²) in [6.07, 6.45) is 1.68. The van der Waals surface area contributed by atoms with Crippen LogP contribution in [0.5, 0.6) is 0 Å². The molecule has 0 saturated carbocycles. The molecule has 1 atom stereocenters. The normalized spacial score (nSPS) is 20.4. The fourth-order valence-corrected chi connectivity index (χ4v) is 2.41. The third-order valence-corrected chi connectivity index (χ3v) is 3.53. The van der Waals surface area contributed by atoms with Crippen LogP contribution in [0.4, 0.5) is 0 Å². The Morgan fingerprint density at radius 1 is 1.41 bits per heavy atom. The van der Waals surface area contributed by atoms with Gasteiger partial charge in [-0.05, 0) is 26.0 Å². The van der Waals surface area contributed by atoms with Crippen molar-refractivity contribution in [3.05, 3.63) is 24.2 Å². The van der Waals surface area contributed by atoms with Crippen LogP contribution in [0.15, 0.2) is 22.8 Å². The van der Waals surface area contributed by atoms with E-state index in [2.05, 4.69) is 24.2 Å². The van der Waals surface area contributed by atoms with Crippen LogP contribution in [0.1, 0.15) is 25.6 Å². The average Bonchev–Trinajstić information content (AvgIpc) is 2.84. The molecule has 0 aliphatic carbocycles. The molecule has 1 unspecified atom stereocenters. The third-order valence-electron chi connectivity index (χ3n) is 3.53. The van der Waals surface area contributed by atoms with Crippen molar-refractivity contribution < 1.29 is 9.15 Å². The SMILES string of the molecule is CC(C)(C(NN)c1ccco1)N1CCOCC1. The van der Waals surface area contributed by atoms with Gasteiger partial charge in [-0.2, -0.15) is 0 Å². The Labute approximate surface area is 102 Å². The van der Waals surface area contributed by atoms with Gasteiger partial charge in [0.2, 0.25) is 0 Å². The van der Waals surface area contributed by atoms with Crippen LogP contribution in [0.25, 0.3) is 0 Å². The molecule has 5 heteroatoms. The monoisotopic (exact) mass is 239 g/mol. The number of hydrogen-bond donors (Lipinski definition) is 2. The molecule has 0 aromatic carbocycles. The molecule has 5 nitrogen and oxygen atoms in total. The van der Waals surface area contributed by atoms with Crippen molar-refractivity contribution in [3.63, 3.8) is 0 Å². The average molecular weight is 239 g/mol. The number of nitrogens with one attached hydrogen (secondary N) is 1. The summed E-state index contributed by atoms with van der Waals surface area (Å²) in [5.74, 6) is 6.55. The number of nitrogens with two attached hydrogens (primary N) is 1. The molecule has 1 aliphatic heterocycles. The highest BCUT2D eigenvalue weighted by atomic mass is 16.5. The van der Waals surface area contributed by atoms with E-state index in [1.165, 1.54) is 0 Å². The molecule has 17 heavy (non-hydrogen) atoms. The number of furan rings is 1. The quantitative estimate of drug-likeness (QED) is 0.603. The summed E-state index contributed by atoms with van der Waals surface area (Å²) in [4.78, 5) is 2.38. The van der Waals surface area contributed by atoms with Crippen LogP contribution in [-0.4, -0.2) is 36.7 Å². The molecular formula is C12H21N3O2. The molecule has 2 rings (SSSR count). The highest BCUT2D eigenvalue weighted by Gasteiger charge is 2.38. The molecule has 1 fully saturated rings. The van der Waals surface area contributed by atoms with Crippen molar-refractivity contribution in [2.45, 2.75) is 25.4 Å². The van der Waals surface area contributed by atoms with E-state index in [1.807, 2.05) is 12.1 Å². The first kappa shape index (κ1) is 12.6. The van der Waals surface area contributed by atoms with Crippen molar-refractivity contribution in [2.75, 3.05) is 26.3 Å². The maximum Gasteiger partial charge on any atom is 0.123 e. The first-order valence-electron chi connectivity index (χ1n) is 5.98. The van der Waals surface area contributed by atoms with Gasteiger partial charge >= 0.3 is 0 Å². The standard InChI is InChI=1S/C12H21N3O2/c1-12(2,15-5-8-16-9-6-15)11(14-13)10-4-3-7-17-10/h3-4,7,11,14H,5-6,8-9,13H2,1-2H3. The Hall–Kier alpha value is -0.880. The van der Waals surface area contributed by atoms with Crippen molar-refractivity contribution in [1.29, 1.82) is 0 Å². The minimum Gasteiger partial charge on any atom is -0.468 e. The molecule has 0 amide bonds. The van der Waals surface area contributed by atoms with Crippen molar-refractivity contribution in [1.82, 2.24) is 10.3 Å². The lowest BCUT2D eigenvalue weighted by molar-refractivity contribution is -0.0264. The van der Waals surface area contributed by atoms with E-state index in [-0.39, 0.29) is 11.6 Å². The van der Waals surface area contributed by atoms with E-state index in [4.69, 9.17) is 15.0 Å². The number of rotatable bonds is 4. The summed E-state index contributed by atoms with van der Waals surface area (Å²) in [5, 5.41) is 0. The van der Waals surface area contributed by atoms with E-state index in [9.17, 15) is 0 Å². The zero-order valence-corrected chi connectivity index (χ0v) is 10.5. The van der Waals surface area contributed by atoms with E-state index in [0.29, 0.717) is 0 Å². The lowest BCUT2D eigenvalue weighted by Gasteiger charge is -2.44. The molecule has 1 aromatic rings. The fraction of sp³-hybridized carbons (Fsp3) is 0.667. The van der Waals surface area contributed by atoms with Gasteiger partial charge in [0.25, 0.3) is 0 Å². The molecule has 2 heterocycles. The van der Waals surface area contributed by atoms with Gasteiger partial charge in [-0.25, -0.2) is 5.43 Å². The molecule has 0 spiro atoms. The van der Waals surface area contributed by atoms with Gasteiger partial charge in [-0.15, -0.1) is 0 Å². The molecular weight excluding hydrogens is 218 g/mol. The van der Waals surface area contributed by atoms with Crippen LogP contribution in [-0.2, 0) is 4.74 Å². The van der Waals surface area contributed by atoms with Gasteiger partial charge in [0.05, 0.1) is 25.5 Å². The van der Waals surface area contributed by atoms with Crippen LogP contribution in [0.2, 0.25) is 0 Å². The van der Waals surface area contributed by atoms with Crippen LogP contribution in [0, 0.1) is 0 Å². The number of hydrogen-bond acceptors (Lipinski definition) is 5. The van der Waals surface area contributed by atoms with E-state index >= 15 is 0 Å². The molecule has 0 bridgehead atoms. The second kappa shape index (κ2) is 5.18. The predicted octanol–water partition coefficient (Wildman–Crippen LogP) is 0.895. The second-order valence-corrected chi connectivity index (χ2v) is 4.87. The van der Waals surface area contributed by atoms with E-state index in [1.54, 1.807) is 6.26 Å². The molecule has 0 radical (unpaired) electrons. The van der Waals surface area contributed by atoms with Gasteiger partial charge in [-0.3, -0.25) is 10.7 Å².